The minimum absolute atomic E-state index is 0.00515. The molecule has 0 aromatic heterocycles. The van der Waals surface area contributed by atoms with Crippen molar-refractivity contribution in [1.29, 1.82) is 0 Å². The third kappa shape index (κ3) is 10.3. The summed E-state index contributed by atoms with van der Waals surface area (Å²) in [4.78, 5) is 24.5. The minimum atomic E-state index is -0.895. The number of allylic oxidation sites excluding steroid dienone is 2. The van der Waals surface area contributed by atoms with E-state index in [0.717, 1.165) is 19.3 Å². The predicted octanol–water partition coefficient (Wildman–Crippen LogP) is 1.40. The summed E-state index contributed by atoms with van der Waals surface area (Å²) in [6.07, 6.45) is 7.97. The summed E-state index contributed by atoms with van der Waals surface area (Å²) in [5.74, 6) is -0.890. The summed E-state index contributed by atoms with van der Waals surface area (Å²) >= 11 is 0. The van der Waals surface area contributed by atoms with Gasteiger partial charge in [0.25, 0.3) is 0 Å². The largest absolute Gasteiger partial charge is 0.480 e. The lowest BCUT2D eigenvalue weighted by atomic mass is 10.2. The molecular formula is C16H30N2O4. The van der Waals surface area contributed by atoms with Crippen LogP contribution in [0.3, 0.4) is 0 Å². The molecule has 0 saturated heterocycles. The Bertz CT molecular complexity index is 345. The molecule has 0 radical (unpaired) electrons. The Morgan fingerprint density at radius 1 is 1.23 bits per heavy atom. The van der Waals surface area contributed by atoms with Gasteiger partial charge in [-0.1, -0.05) is 12.2 Å². The molecule has 22 heavy (non-hydrogen) atoms. The van der Waals surface area contributed by atoms with Gasteiger partial charge in [-0.05, 0) is 39.5 Å². The number of carboxylic acids is 1. The van der Waals surface area contributed by atoms with Gasteiger partial charge in [-0.25, -0.2) is 0 Å². The van der Waals surface area contributed by atoms with Gasteiger partial charge in [0.05, 0.1) is 0 Å². The van der Waals surface area contributed by atoms with E-state index >= 15 is 0 Å². The molecule has 0 aromatic carbocycles. The second kappa shape index (κ2) is 13.3. The first-order valence-corrected chi connectivity index (χ1v) is 7.98. The predicted molar refractivity (Wildman–Crippen MR) is 86.7 cm³/mol. The van der Waals surface area contributed by atoms with Gasteiger partial charge in [0.15, 0.2) is 0 Å². The summed E-state index contributed by atoms with van der Waals surface area (Å²) in [5, 5.41) is 20.7. The van der Waals surface area contributed by atoms with Gasteiger partial charge in [-0.2, -0.15) is 0 Å². The van der Waals surface area contributed by atoms with Gasteiger partial charge in [0, 0.05) is 32.7 Å². The van der Waals surface area contributed by atoms with E-state index in [2.05, 4.69) is 11.4 Å². The summed E-state index contributed by atoms with van der Waals surface area (Å²) in [6.45, 7) is 5.02. The second-order valence-corrected chi connectivity index (χ2v) is 5.29. The maximum Gasteiger partial charge on any atom is 0.320 e. The molecule has 0 aromatic rings. The lowest BCUT2D eigenvalue weighted by Crippen LogP contribution is -2.44. The van der Waals surface area contributed by atoms with E-state index in [-0.39, 0.29) is 12.5 Å². The molecule has 0 aliphatic heterocycles. The van der Waals surface area contributed by atoms with Gasteiger partial charge < -0.3 is 15.5 Å². The number of nitrogens with zero attached hydrogens (tertiary/aromatic N) is 1. The molecule has 0 saturated carbocycles. The number of carboxylic acid groups (broad SMARTS) is 1. The van der Waals surface area contributed by atoms with Crippen LogP contribution < -0.4 is 5.32 Å². The Morgan fingerprint density at radius 2 is 1.95 bits per heavy atom. The average Bonchev–Trinajstić information content (AvgIpc) is 2.49. The first-order valence-electron chi connectivity index (χ1n) is 7.98. The van der Waals surface area contributed by atoms with Crippen molar-refractivity contribution in [3.8, 4) is 0 Å². The van der Waals surface area contributed by atoms with Crippen molar-refractivity contribution in [2.75, 3.05) is 26.2 Å². The first-order chi connectivity index (χ1) is 10.5. The number of hydrogen-bond acceptors (Lipinski definition) is 4. The molecule has 0 aliphatic carbocycles. The average molecular weight is 314 g/mol. The number of unbranched alkanes of at least 4 members (excludes halogenated alkanes) is 2. The number of aliphatic hydroxyl groups is 1. The van der Waals surface area contributed by atoms with E-state index in [1.807, 2.05) is 13.0 Å². The Kier molecular flexibility index (Phi) is 12.4. The summed E-state index contributed by atoms with van der Waals surface area (Å²) < 4.78 is 0. The van der Waals surface area contributed by atoms with Gasteiger partial charge >= 0.3 is 5.97 Å². The Labute approximate surface area is 133 Å². The molecule has 3 N–H and O–H groups in total. The number of nitrogens with one attached hydrogen (secondary N) is 1. The maximum absolute atomic E-state index is 11.7. The molecule has 0 fully saturated rings. The van der Waals surface area contributed by atoms with E-state index in [9.17, 15) is 9.59 Å². The molecule has 1 amide bonds. The molecule has 0 rings (SSSR count). The Balaban J connectivity index is 3.94. The van der Waals surface area contributed by atoms with Crippen LogP contribution in [0, 0.1) is 0 Å². The van der Waals surface area contributed by atoms with Crippen LogP contribution in [-0.2, 0) is 9.59 Å². The molecule has 1 unspecified atom stereocenters. The molecular weight excluding hydrogens is 284 g/mol. The molecule has 6 heteroatoms. The maximum atomic E-state index is 11.7. The molecule has 6 nitrogen and oxygen atoms in total. The van der Waals surface area contributed by atoms with Crippen LogP contribution in [0.1, 0.15) is 46.0 Å². The number of rotatable bonds is 13. The van der Waals surface area contributed by atoms with Crippen molar-refractivity contribution in [1.82, 2.24) is 10.2 Å². The van der Waals surface area contributed by atoms with Gasteiger partial charge in [0.1, 0.15) is 6.04 Å². The number of aliphatic hydroxyl groups excluding tert-OH is 1. The number of carbonyl (C=O) groups is 2. The standard InChI is InChI=1S/C16H30N2O4/c1-3-4-5-6-7-9-15(20)17-10-12-18(11-8-13-19)14(2)16(21)22/h3-4,14,19H,5-13H2,1-2H3,(H,17,20)(H,21,22)/b4-3+. The third-order valence-electron chi connectivity index (χ3n) is 3.49. The molecule has 0 heterocycles. The van der Waals surface area contributed by atoms with Crippen LogP contribution in [0.5, 0.6) is 0 Å². The Hall–Kier alpha value is -1.40. The highest BCUT2D eigenvalue weighted by molar-refractivity contribution is 5.75. The monoisotopic (exact) mass is 314 g/mol. The molecule has 0 aliphatic rings. The zero-order chi connectivity index (χ0) is 16.8. The van der Waals surface area contributed by atoms with Crippen LogP contribution >= 0.6 is 0 Å². The smallest absolute Gasteiger partial charge is 0.320 e. The van der Waals surface area contributed by atoms with E-state index in [1.165, 1.54) is 0 Å². The topological polar surface area (TPSA) is 89.9 Å². The molecule has 0 bridgehead atoms. The van der Waals surface area contributed by atoms with Gasteiger partial charge in [-0.15, -0.1) is 0 Å². The van der Waals surface area contributed by atoms with Crippen molar-refractivity contribution >= 4 is 11.9 Å². The summed E-state index contributed by atoms with van der Waals surface area (Å²) in [5.41, 5.74) is 0. The van der Waals surface area contributed by atoms with Crippen molar-refractivity contribution in [3.63, 3.8) is 0 Å². The lowest BCUT2D eigenvalue weighted by Gasteiger charge is -2.26. The fraction of sp³-hybridized carbons (Fsp3) is 0.750. The summed E-state index contributed by atoms with van der Waals surface area (Å²) in [7, 11) is 0. The van der Waals surface area contributed by atoms with Gasteiger partial charge in [-0.3, -0.25) is 14.5 Å². The zero-order valence-electron chi connectivity index (χ0n) is 13.8. The number of hydrogen-bond donors (Lipinski definition) is 3. The van der Waals surface area contributed by atoms with Crippen LogP contribution in [0.4, 0.5) is 0 Å². The number of aliphatic carboxylic acids is 1. The minimum Gasteiger partial charge on any atom is -0.480 e. The van der Waals surface area contributed by atoms with Crippen molar-refractivity contribution in [3.05, 3.63) is 12.2 Å². The number of amides is 1. The molecule has 0 spiro atoms. The van der Waals surface area contributed by atoms with E-state index < -0.39 is 12.0 Å². The fourth-order valence-electron chi connectivity index (χ4n) is 2.07. The normalized spacial score (nSPS) is 12.7. The van der Waals surface area contributed by atoms with Gasteiger partial charge in [0.2, 0.25) is 5.91 Å². The van der Waals surface area contributed by atoms with Crippen LogP contribution in [0.2, 0.25) is 0 Å². The second-order valence-electron chi connectivity index (χ2n) is 5.29. The fourth-order valence-corrected chi connectivity index (χ4v) is 2.07. The molecule has 1 atom stereocenters. The van der Waals surface area contributed by atoms with Crippen molar-refractivity contribution < 1.29 is 19.8 Å². The quantitative estimate of drug-likeness (QED) is 0.353. The van der Waals surface area contributed by atoms with Crippen molar-refractivity contribution in [2.45, 2.75) is 52.0 Å². The zero-order valence-corrected chi connectivity index (χ0v) is 13.8. The third-order valence-corrected chi connectivity index (χ3v) is 3.49. The number of carbonyl (C=O) groups excluding carboxylic acids is 1. The van der Waals surface area contributed by atoms with Crippen LogP contribution in [0.25, 0.3) is 0 Å². The highest BCUT2D eigenvalue weighted by Gasteiger charge is 2.19. The van der Waals surface area contributed by atoms with Crippen molar-refractivity contribution in [2.24, 2.45) is 0 Å². The van der Waals surface area contributed by atoms with E-state index in [4.69, 9.17) is 10.2 Å². The highest BCUT2D eigenvalue weighted by atomic mass is 16.4. The molecule has 128 valence electrons. The van der Waals surface area contributed by atoms with E-state index in [0.29, 0.717) is 32.5 Å². The lowest BCUT2D eigenvalue weighted by molar-refractivity contribution is -0.142. The van der Waals surface area contributed by atoms with E-state index in [1.54, 1.807) is 11.8 Å². The summed E-state index contributed by atoms with van der Waals surface area (Å²) in [6, 6.07) is -0.621. The van der Waals surface area contributed by atoms with Crippen LogP contribution in [0.15, 0.2) is 12.2 Å². The highest BCUT2D eigenvalue weighted by Crippen LogP contribution is 2.02. The Morgan fingerprint density at radius 3 is 2.55 bits per heavy atom. The SMILES string of the molecule is C/C=C/CCCCC(=O)NCCN(CCCO)C(C)C(=O)O. The van der Waals surface area contributed by atoms with Crippen LogP contribution in [-0.4, -0.2) is 59.3 Å². The first kappa shape index (κ1) is 20.6.